The molecule has 132 valence electrons. The lowest BCUT2D eigenvalue weighted by Crippen LogP contribution is -2.35. The van der Waals surface area contributed by atoms with Crippen molar-refractivity contribution in [3.63, 3.8) is 0 Å². The van der Waals surface area contributed by atoms with E-state index in [0.29, 0.717) is 24.1 Å². The highest BCUT2D eigenvalue weighted by molar-refractivity contribution is 6.01. The summed E-state index contributed by atoms with van der Waals surface area (Å²) >= 11 is 0. The first kappa shape index (κ1) is 17.0. The molecule has 7 nitrogen and oxygen atoms in total. The van der Waals surface area contributed by atoms with Crippen molar-refractivity contribution in [3.05, 3.63) is 5.56 Å². The Morgan fingerprint density at radius 2 is 2.12 bits per heavy atom. The lowest BCUT2D eigenvalue weighted by atomic mass is 10.00. The number of fused-ring (bicyclic) bond motifs is 1. The summed E-state index contributed by atoms with van der Waals surface area (Å²) in [5.41, 5.74) is 6.77. The zero-order chi connectivity index (χ0) is 17.1. The van der Waals surface area contributed by atoms with Crippen molar-refractivity contribution >= 4 is 17.5 Å². The Balaban J connectivity index is 1.79. The fraction of sp³-hybridized carbons (Fsp3) is 0.706. The number of anilines is 2. The van der Waals surface area contributed by atoms with Crippen LogP contribution in [0.5, 0.6) is 6.01 Å². The van der Waals surface area contributed by atoms with Gasteiger partial charge in [0, 0.05) is 25.3 Å². The molecule has 1 amide bonds. The fourth-order valence-electron chi connectivity index (χ4n) is 3.30. The number of hydrogen-bond donors (Lipinski definition) is 1. The third-order valence-corrected chi connectivity index (χ3v) is 4.66. The molecule has 3 rings (SSSR count). The highest BCUT2D eigenvalue weighted by Gasteiger charge is 2.34. The number of amides is 1. The van der Waals surface area contributed by atoms with Crippen molar-refractivity contribution in [1.82, 2.24) is 9.97 Å². The smallest absolute Gasteiger partial charge is 0.320 e. The van der Waals surface area contributed by atoms with Crippen LogP contribution in [0.15, 0.2) is 0 Å². The monoisotopic (exact) mass is 334 g/mol. The molecular weight excluding hydrogens is 308 g/mol. The van der Waals surface area contributed by atoms with Crippen molar-refractivity contribution in [2.24, 2.45) is 5.92 Å². The molecule has 2 aliphatic rings. The summed E-state index contributed by atoms with van der Waals surface area (Å²) < 4.78 is 11.2. The second-order valence-electron chi connectivity index (χ2n) is 6.65. The molecule has 7 heteroatoms. The van der Waals surface area contributed by atoms with Crippen LogP contribution in [0, 0.1) is 5.92 Å². The van der Waals surface area contributed by atoms with E-state index in [9.17, 15) is 4.79 Å². The van der Waals surface area contributed by atoms with Crippen molar-refractivity contribution in [2.45, 2.75) is 52.1 Å². The molecule has 3 heterocycles. The number of carbonyl (C=O) groups excluding carboxylic acids is 1. The van der Waals surface area contributed by atoms with Gasteiger partial charge in [-0.25, -0.2) is 0 Å². The molecule has 0 spiro atoms. The van der Waals surface area contributed by atoms with Crippen LogP contribution in [0.3, 0.4) is 0 Å². The Hall–Kier alpha value is -1.89. The van der Waals surface area contributed by atoms with E-state index in [1.54, 1.807) is 4.90 Å². The average molecular weight is 334 g/mol. The Kier molecular flexibility index (Phi) is 5.18. The normalized spacial score (nSPS) is 19.4. The van der Waals surface area contributed by atoms with E-state index >= 15 is 0 Å². The first-order valence-electron chi connectivity index (χ1n) is 8.79. The lowest BCUT2D eigenvalue weighted by Gasteiger charge is -2.27. The summed E-state index contributed by atoms with van der Waals surface area (Å²) in [6.07, 6.45) is 4.18. The molecule has 1 aromatic rings. The number of nitrogens with zero attached hydrogens (tertiary/aromatic N) is 3. The van der Waals surface area contributed by atoms with Crippen molar-refractivity contribution in [1.29, 1.82) is 0 Å². The summed E-state index contributed by atoms with van der Waals surface area (Å²) in [5.74, 6) is 1.45. The standard InChI is InChI=1S/C17H26N4O3/c1-3-4-11(2)24-17-19-15(18)13-9-14(22)21(16(13)20-17)10-12-5-7-23-8-6-12/h11-12H,3-10H2,1-2H3,(H2,18,19,20). The van der Waals surface area contributed by atoms with Crippen molar-refractivity contribution in [2.75, 3.05) is 30.4 Å². The molecule has 1 aromatic heterocycles. The summed E-state index contributed by atoms with van der Waals surface area (Å²) in [4.78, 5) is 22.9. The van der Waals surface area contributed by atoms with E-state index in [0.717, 1.165) is 44.5 Å². The molecule has 1 atom stereocenters. The summed E-state index contributed by atoms with van der Waals surface area (Å²) in [6.45, 7) is 6.27. The number of ether oxygens (including phenoxy) is 2. The second-order valence-corrected chi connectivity index (χ2v) is 6.65. The minimum absolute atomic E-state index is 0.0218. The largest absolute Gasteiger partial charge is 0.460 e. The fourth-order valence-corrected chi connectivity index (χ4v) is 3.30. The van der Waals surface area contributed by atoms with Crippen LogP contribution in [0.25, 0.3) is 0 Å². The Bertz CT molecular complexity index is 602. The van der Waals surface area contributed by atoms with Gasteiger partial charge in [0.2, 0.25) is 5.91 Å². The zero-order valence-corrected chi connectivity index (χ0v) is 14.5. The lowest BCUT2D eigenvalue weighted by molar-refractivity contribution is -0.117. The van der Waals surface area contributed by atoms with Crippen molar-refractivity contribution in [3.8, 4) is 6.01 Å². The molecule has 1 fully saturated rings. The third kappa shape index (κ3) is 3.61. The van der Waals surface area contributed by atoms with E-state index in [4.69, 9.17) is 15.2 Å². The Morgan fingerprint density at radius 3 is 2.83 bits per heavy atom. The van der Waals surface area contributed by atoms with Gasteiger partial charge in [-0.15, -0.1) is 0 Å². The number of nitrogens with two attached hydrogens (primary N) is 1. The van der Waals surface area contributed by atoms with E-state index in [1.165, 1.54) is 0 Å². The summed E-state index contributed by atoms with van der Waals surface area (Å²) in [5, 5.41) is 0. The molecule has 1 unspecified atom stereocenters. The van der Waals surface area contributed by atoms with Gasteiger partial charge in [0.15, 0.2) is 0 Å². The van der Waals surface area contributed by atoms with E-state index < -0.39 is 0 Å². The molecule has 0 radical (unpaired) electrons. The van der Waals surface area contributed by atoms with Crippen LogP contribution < -0.4 is 15.4 Å². The first-order chi connectivity index (χ1) is 11.6. The molecular formula is C17H26N4O3. The summed E-state index contributed by atoms with van der Waals surface area (Å²) in [7, 11) is 0. The molecule has 0 bridgehead atoms. The minimum Gasteiger partial charge on any atom is -0.460 e. The van der Waals surface area contributed by atoms with Gasteiger partial charge in [0.25, 0.3) is 0 Å². The van der Waals surface area contributed by atoms with Crippen LogP contribution in [0.1, 0.15) is 45.1 Å². The number of hydrogen-bond acceptors (Lipinski definition) is 6. The average Bonchev–Trinajstić information content (AvgIpc) is 2.86. The van der Waals surface area contributed by atoms with E-state index in [1.807, 2.05) is 6.92 Å². The Morgan fingerprint density at radius 1 is 1.38 bits per heavy atom. The van der Waals surface area contributed by atoms with Gasteiger partial charge in [-0.2, -0.15) is 9.97 Å². The molecule has 2 N–H and O–H groups in total. The number of rotatable bonds is 6. The predicted octanol–water partition coefficient (Wildman–Crippen LogP) is 1.94. The topological polar surface area (TPSA) is 90.6 Å². The molecule has 24 heavy (non-hydrogen) atoms. The second kappa shape index (κ2) is 7.34. The highest BCUT2D eigenvalue weighted by Crippen LogP contribution is 2.33. The quantitative estimate of drug-likeness (QED) is 0.855. The van der Waals surface area contributed by atoms with Crippen LogP contribution in [-0.2, 0) is 16.0 Å². The van der Waals surface area contributed by atoms with Crippen molar-refractivity contribution < 1.29 is 14.3 Å². The number of nitrogen functional groups attached to an aromatic ring is 1. The van der Waals surface area contributed by atoms with Gasteiger partial charge in [0.05, 0.1) is 12.5 Å². The SMILES string of the molecule is CCCC(C)Oc1nc(N)c2c(n1)N(CC1CCOCC1)C(=O)C2. The van der Waals surface area contributed by atoms with E-state index in [2.05, 4.69) is 16.9 Å². The third-order valence-electron chi connectivity index (χ3n) is 4.66. The van der Waals surface area contributed by atoms with Gasteiger partial charge in [-0.3, -0.25) is 9.69 Å². The molecule has 1 saturated heterocycles. The van der Waals surface area contributed by atoms with Gasteiger partial charge >= 0.3 is 6.01 Å². The zero-order valence-electron chi connectivity index (χ0n) is 14.5. The first-order valence-corrected chi connectivity index (χ1v) is 8.79. The van der Waals surface area contributed by atoms with Gasteiger partial charge in [-0.1, -0.05) is 13.3 Å². The Labute approximate surface area is 142 Å². The van der Waals surface area contributed by atoms with E-state index in [-0.39, 0.29) is 24.4 Å². The van der Waals surface area contributed by atoms with Crippen LogP contribution in [0.2, 0.25) is 0 Å². The molecule has 0 saturated carbocycles. The van der Waals surface area contributed by atoms with Gasteiger partial charge in [0.1, 0.15) is 11.6 Å². The maximum atomic E-state index is 12.4. The number of carbonyl (C=O) groups is 1. The highest BCUT2D eigenvalue weighted by atomic mass is 16.5. The predicted molar refractivity (Wildman–Crippen MR) is 91.0 cm³/mol. The van der Waals surface area contributed by atoms with Gasteiger partial charge < -0.3 is 15.2 Å². The molecule has 0 aromatic carbocycles. The molecule has 2 aliphatic heterocycles. The van der Waals surface area contributed by atoms with Crippen LogP contribution in [0.4, 0.5) is 11.6 Å². The number of aromatic nitrogens is 2. The van der Waals surface area contributed by atoms with Crippen LogP contribution in [-0.4, -0.2) is 41.7 Å². The molecule has 0 aliphatic carbocycles. The van der Waals surface area contributed by atoms with Crippen LogP contribution >= 0.6 is 0 Å². The summed E-state index contributed by atoms with van der Waals surface area (Å²) in [6, 6.07) is 0.263. The van der Waals surface area contributed by atoms with Gasteiger partial charge in [-0.05, 0) is 32.1 Å². The minimum atomic E-state index is 0.0218. The maximum Gasteiger partial charge on any atom is 0.320 e. The maximum absolute atomic E-state index is 12.4.